The molecule has 0 aliphatic heterocycles. The molecule has 0 radical (unpaired) electrons. The fourth-order valence-corrected chi connectivity index (χ4v) is 6.10. The molecule has 2 fully saturated rings. The molecule has 2 N–H and O–H groups in total. The largest absolute Gasteiger partial charge is 0.386 e. The minimum Gasteiger partial charge on any atom is -0.386 e. The van der Waals surface area contributed by atoms with Crippen LogP contribution in [-0.2, 0) is 19.2 Å². The summed E-state index contributed by atoms with van der Waals surface area (Å²) in [4.78, 5) is 56.7. The van der Waals surface area contributed by atoms with Crippen molar-refractivity contribution in [3.63, 3.8) is 0 Å². The van der Waals surface area contributed by atoms with Crippen LogP contribution in [0.2, 0.25) is 0 Å². The van der Waals surface area contributed by atoms with E-state index in [2.05, 4.69) is 0 Å². The highest BCUT2D eigenvalue weighted by Gasteiger charge is 2.85. The molecule has 4 atom stereocenters. The summed E-state index contributed by atoms with van der Waals surface area (Å²) >= 11 is 0. The number of allylic oxidation sites excluding steroid dienone is 4. The third-order valence-electron chi connectivity index (χ3n) is 8.28. The van der Waals surface area contributed by atoms with E-state index < -0.39 is 56.5 Å². The number of carbonyl (C=O) groups is 4. The predicted octanol–water partition coefficient (Wildman–Crippen LogP) is 4.72. The summed E-state index contributed by atoms with van der Waals surface area (Å²) in [5.74, 6) is -4.17. The Morgan fingerprint density at radius 1 is 1.03 bits per heavy atom. The van der Waals surface area contributed by atoms with Crippen LogP contribution in [0.15, 0.2) is 35.5 Å². The van der Waals surface area contributed by atoms with E-state index in [1.165, 1.54) is 19.9 Å². The minimum atomic E-state index is -2.72. The van der Waals surface area contributed by atoms with Gasteiger partial charge < -0.3 is 10.2 Å². The summed E-state index contributed by atoms with van der Waals surface area (Å²) in [7, 11) is 0. The summed E-state index contributed by atoms with van der Waals surface area (Å²) in [6.45, 7) is 17.3. The number of ketones is 4. The fourth-order valence-electron chi connectivity index (χ4n) is 6.10. The molecular weight excluding hydrogens is 456 g/mol. The van der Waals surface area contributed by atoms with Gasteiger partial charge in [0, 0.05) is 5.92 Å². The number of hydrogen-bond acceptors (Lipinski definition) is 6. The van der Waals surface area contributed by atoms with Gasteiger partial charge in [0.25, 0.3) is 0 Å². The topological polar surface area (TPSA) is 109 Å². The number of rotatable bonds is 9. The van der Waals surface area contributed by atoms with Crippen LogP contribution >= 0.6 is 0 Å². The zero-order valence-corrected chi connectivity index (χ0v) is 23.6. The summed E-state index contributed by atoms with van der Waals surface area (Å²) in [5, 5.41) is 22.4. The number of carbonyl (C=O) groups excluding carboxylic acids is 4. The zero-order valence-electron chi connectivity index (χ0n) is 23.6. The minimum absolute atomic E-state index is 0.0347. The zero-order chi connectivity index (χ0) is 28.1. The molecule has 2 bridgehead atoms. The molecule has 200 valence electrons. The van der Waals surface area contributed by atoms with Crippen LogP contribution < -0.4 is 0 Å². The molecular formula is C30H44O6. The molecule has 0 aromatic heterocycles. The Bertz CT molecular complexity index is 1040. The molecule has 2 saturated carbocycles. The third-order valence-corrected chi connectivity index (χ3v) is 8.28. The fraction of sp³-hybridized carbons (Fsp3) is 0.667. The van der Waals surface area contributed by atoms with Gasteiger partial charge in [-0.1, -0.05) is 57.1 Å². The third kappa shape index (κ3) is 4.30. The Morgan fingerprint density at radius 2 is 1.56 bits per heavy atom. The van der Waals surface area contributed by atoms with Gasteiger partial charge in [0.2, 0.25) is 0 Å². The average molecular weight is 501 g/mol. The summed E-state index contributed by atoms with van der Waals surface area (Å²) in [6, 6.07) is 0. The van der Waals surface area contributed by atoms with Crippen molar-refractivity contribution in [3.05, 3.63) is 35.5 Å². The van der Waals surface area contributed by atoms with Crippen LogP contribution in [0.25, 0.3) is 0 Å². The van der Waals surface area contributed by atoms with E-state index in [-0.39, 0.29) is 18.8 Å². The lowest BCUT2D eigenvalue weighted by Crippen LogP contribution is -2.61. The second-order valence-corrected chi connectivity index (χ2v) is 12.7. The van der Waals surface area contributed by atoms with Gasteiger partial charge >= 0.3 is 0 Å². The highest BCUT2D eigenvalue weighted by molar-refractivity contribution is 6.40. The Morgan fingerprint density at radius 3 is 2.00 bits per heavy atom. The first-order valence-electron chi connectivity index (χ1n) is 12.8. The first kappa shape index (κ1) is 30.0. The van der Waals surface area contributed by atoms with Crippen LogP contribution in [-0.4, -0.2) is 44.5 Å². The van der Waals surface area contributed by atoms with Crippen molar-refractivity contribution in [2.75, 3.05) is 0 Å². The maximum Gasteiger partial charge on any atom is 0.199 e. The maximum absolute atomic E-state index is 14.5. The number of fused-ring (bicyclic) bond motifs is 2. The normalized spacial score (nSPS) is 31.6. The molecule has 2 aliphatic carbocycles. The quantitative estimate of drug-likeness (QED) is 0.269. The molecule has 0 aromatic carbocycles. The van der Waals surface area contributed by atoms with Gasteiger partial charge in [-0.05, 0) is 78.2 Å². The lowest BCUT2D eigenvalue weighted by atomic mass is 9.47. The van der Waals surface area contributed by atoms with Gasteiger partial charge in [-0.2, -0.15) is 0 Å². The molecule has 6 nitrogen and oxygen atoms in total. The van der Waals surface area contributed by atoms with Crippen LogP contribution in [0.5, 0.6) is 0 Å². The molecule has 2 aliphatic rings. The van der Waals surface area contributed by atoms with Crippen LogP contribution in [0.3, 0.4) is 0 Å². The van der Waals surface area contributed by atoms with E-state index in [4.69, 9.17) is 0 Å². The van der Waals surface area contributed by atoms with Crippen molar-refractivity contribution < 1.29 is 29.4 Å². The van der Waals surface area contributed by atoms with Gasteiger partial charge in [-0.15, -0.1) is 0 Å². The maximum atomic E-state index is 14.5. The summed E-state index contributed by atoms with van der Waals surface area (Å²) < 4.78 is 0. The highest BCUT2D eigenvalue weighted by Crippen LogP contribution is 2.69. The molecule has 6 heteroatoms. The van der Waals surface area contributed by atoms with Crippen molar-refractivity contribution in [2.24, 2.45) is 28.1 Å². The van der Waals surface area contributed by atoms with Gasteiger partial charge in [0.15, 0.2) is 34.1 Å². The Hall–Kier alpha value is -2.18. The van der Waals surface area contributed by atoms with Crippen molar-refractivity contribution in [3.8, 4) is 0 Å². The van der Waals surface area contributed by atoms with Gasteiger partial charge in [0.1, 0.15) is 0 Å². The Labute approximate surface area is 215 Å². The molecule has 0 amide bonds. The lowest BCUT2D eigenvalue weighted by molar-refractivity contribution is -0.167. The summed E-state index contributed by atoms with van der Waals surface area (Å²) in [5.41, 5.74) is -7.25. The molecule has 0 unspecified atom stereocenters. The first-order valence-corrected chi connectivity index (χ1v) is 12.8. The number of Topliss-reactive ketones (excluding diaryl/α,β-unsaturated/α-hetero) is 3. The van der Waals surface area contributed by atoms with Gasteiger partial charge in [0.05, 0.1) is 11.0 Å². The van der Waals surface area contributed by atoms with Gasteiger partial charge in [-0.25, -0.2) is 0 Å². The van der Waals surface area contributed by atoms with Crippen molar-refractivity contribution in [1.29, 1.82) is 0 Å². The van der Waals surface area contributed by atoms with E-state index in [1.54, 1.807) is 33.8 Å². The standard InChI is InChI=1S/C30H44O6/c1-18(2)11-12-21-17-28(16-13-19(3)4)24(33)29(27(21,9)10,23(32)20(5)6)25(34)30(28,36)22(31)14-15-26(7,8)35/h11,13-15,20-21,35-36H,12,16-17H2,1-10H3/b15-14-/t21-,28+,29-,30+/m1/s1. The van der Waals surface area contributed by atoms with Gasteiger partial charge in [-0.3, -0.25) is 19.2 Å². The summed E-state index contributed by atoms with van der Waals surface area (Å²) in [6.07, 6.45) is 6.52. The van der Waals surface area contributed by atoms with Crippen molar-refractivity contribution in [1.82, 2.24) is 0 Å². The monoisotopic (exact) mass is 500 g/mol. The van der Waals surface area contributed by atoms with E-state index in [0.717, 1.165) is 17.2 Å². The van der Waals surface area contributed by atoms with Crippen LogP contribution in [0.1, 0.15) is 88.5 Å². The number of hydrogen-bond donors (Lipinski definition) is 2. The van der Waals surface area contributed by atoms with Crippen LogP contribution in [0, 0.1) is 28.1 Å². The second kappa shape index (κ2) is 9.60. The lowest BCUT2D eigenvalue weighted by Gasteiger charge is -2.52. The van der Waals surface area contributed by atoms with Crippen molar-refractivity contribution in [2.45, 2.75) is 99.7 Å². The molecule has 0 heterocycles. The predicted molar refractivity (Wildman–Crippen MR) is 140 cm³/mol. The molecule has 36 heavy (non-hydrogen) atoms. The Balaban J connectivity index is 3.01. The van der Waals surface area contributed by atoms with Crippen LogP contribution in [0.4, 0.5) is 0 Å². The molecule has 0 saturated heterocycles. The second-order valence-electron chi connectivity index (χ2n) is 12.7. The number of aliphatic hydroxyl groups is 2. The average Bonchev–Trinajstić information content (AvgIpc) is 2.85. The first-order chi connectivity index (χ1) is 16.2. The van der Waals surface area contributed by atoms with Crippen molar-refractivity contribution >= 4 is 23.1 Å². The molecule has 0 spiro atoms. The van der Waals surface area contributed by atoms with E-state index >= 15 is 0 Å². The highest BCUT2D eigenvalue weighted by atomic mass is 16.3. The Kier molecular flexibility index (Phi) is 8.02. The van der Waals surface area contributed by atoms with E-state index in [9.17, 15) is 29.4 Å². The molecule has 2 rings (SSSR count). The van der Waals surface area contributed by atoms with E-state index in [1.807, 2.05) is 33.8 Å². The SMILES string of the molecule is CC(C)=CC[C@@H]1C[C@@]2(CC=C(C)C)C(=O)[C@](C(=O)C(C)C)(C(=O)[C@@]2(O)C(=O)/C=C\C(C)(C)O)C1(C)C. The van der Waals surface area contributed by atoms with E-state index in [0.29, 0.717) is 6.42 Å². The molecule has 0 aromatic rings. The smallest absolute Gasteiger partial charge is 0.199 e.